The average molecular weight is 249 g/mol. The maximum Gasteiger partial charge on any atom is 0.125 e. The highest BCUT2D eigenvalue weighted by molar-refractivity contribution is 5.60. The maximum absolute atomic E-state index is 10.1. The molecule has 1 heterocycles. The van der Waals surface area contributed by atoms with E-state index < -0.39 is 5.60 Å². The molecule has 0 radical (unpaired) electrons. The standard InChI is InChI=1S/C12H19N5O/c1-12(18,8-17(2)3)7-16-10-4-11(14)15-6-9(10)5-13/h4,6,18H,7-8H2,1-3H3,(H3,14,15,16). The highest BCUT2D eigenvalue weighted by Gasteiger charge is 2.21. The van der Waals surface area contributed by atoms with E-state index in [1.54, 1.807) is 13.0 Å². The number of anilines is 2. The first kappa shape index (κ1) is 14.2. The molecule has 6 nitrogen and oxygen atoms in total. The first-order valence-corrected chi connectivity index (χ1v) is 5.61. The zero-order valence-corrected chi connectivity index (χ0v) is 10.9. The summed E-state index contributed by atoms with van der Waals surface area (Å²) in [5, 5.41) is 22.1. The summed E-state index contributed by atoms with van der Waals surface area (Å²) in [6, 6.07) is 3.61. The van der Waals surface area contributed by atoms with Crippen molar-refractivity contribution in [3.05, 3.63) is 17.8 Å². The van der Waals surface area contributed by atoms with E-state index in [9.17, 15) is 5.11 Å². The summed E-state index contributed by atoms with van der Waals surface area (Å²) in [4.78, 5) is 5.74. The topological polar surface area (TPSA) is 98.2 Å². The van der Waals surface area contributed by atoms with Crippen molar-refractivity contribution in [2.45, 2.75) is 12.5 Å². The molecule has 18 heavy (non-hydrogen) atoms. The van der Waals surface area contributed by atoms with Gasteiger partial charge >= 0.3 is 0 Å². The van der Waals surface area contributed by atoms with Crippen molar-refractivity contribution in [2.75, 3.05) is 38.2 Å². The lowest BCUT2D eigenvalue weighted by Crippen LogP contribution is -2.43. The highest BCUT2D eigenvalue weighted by Crippen LogP contribution is 2.17. The molecule has 0 aromatic carbocycles. The number of nitriles is 1. The third-order valence-electron chi connectivity index (χ3n) is 2.36. The van der Waals surface area contributed by atoms with E-state index in [-0.39, 0.29) is 0 Å². The number of nitrogens with one attached hydrogen (secondary N) is 1. The molecule has 1 unspecified atom stereocenters. The summed E-state index contributed by atoms with van der Waals surface area (Å²) in [5.41, 5.74) is 5.67. The summed E-state index contributed by atoms with van der Waals surface area (Å²) in [7, 11) is 3.78. The van der Waals surface area contributed by atoms with Crippen LogP contribution in [0.3, 0.4) is 0 Å². The maximum atomic E-state index is 10.1. The lowest BCUT2D eigenvalue weighted by Gasteiger charge is -2.27. The fraction of sp³-hybridized carbons (Fsp3) is 0.500. The Morgan fingerprint density at radius 3 is 2.83 bits per heavy atom. The number of pyridine rings is 1. The van der Waals surface area contributed by atoms with Crippen LogP contribution in [0.25, 0.3) is 0 Å². The third-order valence-corrected chi connectivity index (χ3v) is 2.36. The normalized spacial score (nSPS) is 14.0. The van der Waals surface area contributed by atoms with Gasteiger partial charge in [-0.2, -0.15) is 5.26 Å². The molecule has 0 aliphatic rings. The van der Waals surface area contributed by atoms with Crippen LogP contribution in [0.5, 0.6) is 0 Å². The molecule has 6 heteroatoms. The van der Waals surface area contributed by atoms with Gasteiger partial charge in [-0.1, -0.05) is 0 Å². The van der Waals surface area contributed by atoms with E-state index in [0.29, 0.717) is 30.2 Å². The largest absolute Gasteiger partial charge is 0.387 e. The molecular formula is C12H19N5O. The van der Waals surface area contributed by atoms with Gasteiger partial charge in [-0.25, -0.2) is 4.98 Å². The molecular weight excluding hydrogens is 230 g/mol. The Bertz CT molecular complexity index is 450. The second-order valence-corrected chi connectivity index (χ2v) is 4.85. The van der Waals surface area contributed by atoms with Gasteiger partial charge in [0.15, 0.2) is 0 Å². The van der Waals surface area contributed by atoms with Crippen molar-refractivity contribution in [3.63, 3.8) is 0 Å². The van der Waals surface area contributed by atoms with Crippen molar-refractivity contribution >= 4 is 11.5 Å². The zero-order chi connectivity index (χ0) is 13.8. The lowest BCUT2D eigenvalue weighted by molar-refractivity contribution is 0.0460. The van der Waals surface area contributed by atoms with E-state index in [1.165, 1.54) is 6.20 Å². The number of nitrogen functional groups attached to an aromatic ring is 1. The molecule has 1 rings (SSSR count). The molecule has 0 bridgehead atoms. The summed E-state index contributed by atoms with van der Waals surface area (Å²) in [6.45, 7) is 2.57. The van der Waals surface area contributed by atoms with Crippen LogP contribution in [0.15, 0.2) is 12.3 Å². The zero-order valence-electron chi connectivity index (χ0n) is 10.9. The van der Waals surface area contributed by atoms with E-state index >= 15 is 0 Å². The van der Waals surface area contributed by atoms with Gasteiger partial charge in [0.05, 0.1) is 16.9 Å². The number of nitrogens with zero attached hydrogens (tertiary/aromatic N) is 3. The second-order valence-electron chi connectivity index (χ2n) is 4.85. The fourth-order valence-corrected chi connectivity index (χ4v) is 1.73. The van der Waals surface area contributed by atoms with E-state index in [4.69, 9.17) is 11.0 Å². The van der Waals surface area contributed by atoms with Crippen LogP contribution in [0.4, 0.5) is 11.5 Å². The molecule has 1 aromatic rings. The molecule has 0 fully saturated rings. The molecule has 0 aliphatic heterocycles. The first-order chi connectivity index (χ1) is 8.34. The number of hydrogen-bond acceptors (Lipinski definition) is 6. The van der Waals surface area contributed by atoms with Crippen LogP contribution in [0, 0.1) is 11.3 Å². The average Bonchev–Trinajstić information content (AvgIpc) is 2.25. The summed E-state index contributed by atoms with van der Waals surface area (Å²) < 4.78 is 0. The smallest absolute Gasteiger partial charge is 0.125 e. The van der Waals surface area contributed by atoms with E-state index in [1.807, 2.05) is 25.1 Å². The number of rotatable bonds is 5. The predicted octanol–water partition coefficient (Wildman–Crippen LogP) is 0.260. The van der Waals surface area contributed by atoms with Gasteiger partial charge in [0, 0.05) is 25.4 Å². The van der Waals surface area contributed by atoms with Gasteiger partial charge in [-0.3, -0.25) is 0 Å². The van der Waals surface area contributed by atoms with Crippen molar-refractivity contribution in [1.29, 1.82) is 5.26 Å². The number of aliphatic hydroxyl groups is 1. The quantitative estimate of drug-likeness (QED) is 0.692. The summed E-state index contributed by atoms with van der Waals surface area (Å²) in [6.07, 6.45) is 1.42. The van der Waals surface area contributed by atoms with Crippen LogP contribution < -0.4 is 11.1 Å². The molecule has 0 saturated carbocycles. The Balaban J connectivity index is 2.74. The van der Waals surface area contributed by atoms with Gasteiger partial charge in [0.25, 0.3) is 0 Å². The van der Waals surface area contributed by atoms with Gasteiger partial charge in [-0.15, -0.1) is 0 Å². The van der Waals surface area contributed by atoms with Crippen LogP contribution in [-0.2, 0) is 0 Å². The van der Waals surface area contributed by atoms with Crippen molar-refractivity contribution < 1.29 is 5.11 Å². The number of nitrogens with two attached hydrogens (primary N) is 1. The molecule has 1 atom stereocenters. The molecule has 0 spiro atoms. The summed E-state index contributed by atoms with van der Waals surface area (Å²) >= 11 is 0. The monoisotopic (exact) mass is 249 g/mol. The Labute approximate surface area is 107 Å². The van der Waals surface area contributed by atoms with Gasteiger partial charge < -0.3 is 21.1 Å². The first-order valence-electron chi connectivity index (χ1n) is 5.61. The molecule has 4 N–H and O–H groups in total. The number of likely N-dealkylation sites (N-methyl/N-ethyl adjacent to an activating group) is 1. The van der Waals surface area contributed by atoms with Crippen LogP contribution >= 0.6 is 0 Å². The van der Waals surface area contributed by atoms with Gasteiger partial charge in [-0.05, 0) is 21.0 Å². The second kappa shape index (κ2) is 5.67. The predicted molar refractivity (Wildman–Crippen MR) is 71.0 cm³/mol. The van der Waals surface area contributed by atoms with Crippen LogP contribution in [-0.4, -0.2) is 47.8 Å². The lowest BCUT2D eigenvalue weighted by atomic mass is 10.1. The van der Waals surface area contributed by atoms with Gasteiger partial charge in [0.1, 0.15) is 11.9 Å². The van der Waals surface area contributed by atoms with Crippen molar-refractivity contribution in [2.24, 2.45) is 0 Å². The van der Waals surface area contributed by atoms with Crippen molar-refractivity contribution in [1.82, 2.24) is 9.88 Å². The van der Waals surface area contributed by atoms with E-state index in [2.05, 4.69) is 10.3 Å². The van der Waals surface area contributed by atoms with E-state index in [0.717, 1.165) is 0 Å². The molecule has 0 saturated heterocycles. The Kier molecular flexibility index (Phi) is 4.48. The summed E-state index contributed by atoms with van der Waals surface area (Å²) in [5.74, 6) is 0.337. The minimum absolute atomic E-state index is 0.323. The Morgan fingerprint density at radius 2 is 2.28 bits per heavy atom. The highest BCUT2D eigenvalue weighted by atomic mass is 16.3. The number of hydrogen-bond donors (Lipinski definition) is 3. The minimum Gasteiger partial charge on any atom is -0.387 e. The fourth-order valence-electron chi connectivity index (χ4n) is 1.73. The molecule has 98 valence electrons. The number of aromatic nitrogens is 1. The minimum atomic E-state index is -0.895. The SMILES string of the molecule is CN(C)CC(C)(O)CNc1cc(N)ncc1C#N. The third kappa shape index (κ3) is 4.20. The van der Waals surface area contributed by atoms with Crippen LogP contribution in [0.2, 0.25) is 0 Å². The molecule has 0 aliphatic carbocycles. The molecule has 1 aromatic heterocycles. The van der Waals surface area contributed by atoms with Crippen LogP contribution in [0.1, 0.15) is 12.5 Å². The molecule has 0 amide bonds. The van der Waals surface area contributed by atoms with Gasteiger partial charge in [0.2, 0.25) is 0 Å². The Morgan fingerprint density at radius 1 is 1.61 bits per heavy atom. The Hall–Kier alpha value is -1.84. The van der Waals surface area contributed by atoms with Crippen molar-refractivity contribution in [3.8, 4) is 6.07 Å².